The predicted octanol–water partition coefficient (Wildman–Crippen LogP) is 4.37. The Morgan fingerprint density at radius 3 is 2.69 bits per heavy atom. The van der Waals surface area contributed by atoms with E-state index < -0.39 is 0 Å². The number of halogens is 1. The molecule has 8 heteroatoms. The average molecular weight is 475 g/mol. The van der Waals surface area contributed by atoms with Gasteiger partial charge in [-0.25, -0.2) is 13.9 Å². The second-order valence-corrected chi connectivity index (χ2v) is 8.91. The monoisotopic (exact) mass is 474 g/mol. The highest BCUT2D eigenvalue weighted by Gasteiger charge is 2.16. The van der Waals surface area contributed by atoms with Crippen molar-refractivity contribution in [3.63, 3.8) is 0 Å². The Kier molecular flexibility index (Phi) is 5.96. The molecule has 6 rings (SSSR count). The van der Waals surface area contributed by atoms with Gasteiger partial charge in [0, 0.05) is 18.5 Å². The van der Waals surface area contributed by atoms with E-state index in [2.05, 4.69) is 4.90 Å². The summed E-state index contributed by atoms with van der Waals surface area (Å²) >= 11 is 0. The predicted molar refractivity (Wildman–Crippen MR) is 130 cm³/mol. The number of benzene rings is 2. The third-order valence-corrected chi connectivity index (χ3v) is 6.46. The van der Waals surface area contributed by atoms with E-state index >= 15 is 0 Å². The van der Waals surface area contributed by atoms with Crippen molar-refractivity contribution in [3.05, 3.63) is 71.8 Å². The van der Waals surface area contributed by atoms with Gasteiger partial charge in [0.15, 0.2) is 34.5 Å². The molecule has 1 saturated heterocycles. The van der Waals surface area contributed by atoms with Gasteiger partial charge in [-0.15, -0.1) is 0 Å². The molecule has 0 aliphatic carbocycles. The molecule has 4 heterocycles. The van der Waals surface area contributed by atoms with E-state index in [1.807, 2.05) is 40.9 Å². The summed E-state index contributed by atoms with van der Waals surface area (Å²) in [6.07, 6.45) is 2.93. The molecule has 1 fully saturated rings. The van der Waals surface area contributed by atoms with Crippen LogP contribution in [-0.4, -0.2) is 59.0 Å². The van der Waals surface area contributed by atoms with E-state index in [0.717, 1.165) is 53.6 Å². The molecule has 0 N–H and O–H groups in total. The fourth-order valence-corrected chi connectivity index (χ4v) is 4.69. The molecule has 0 spiro atoms. The molecule has 2 aromatic heterocycles. The highest BCUT2D eigenvalue weighted by atomic mass is 19.1. The Balaban J connectivity index is 1.22. The summed E-state index contributed by atoms with van der Waals surface area (Å²) in [5, 5.41) is 4.76. The zero-order valence-electron chi connectivity index (χ0n) is 19.5. The van der Waals surface area contributed by atoms with Gasteiger partial charge >= 0.3 is 0 Å². The van der Waals surface area contributed by atoms with Crippen LogP contribution < -0.4 is 14.2 Å². The zero-order valence-corrected chi connectivity index (χ0v) is 19.5. The van der Waals surface area contributed by atoms with E-state index in [1.165, 1.54) is 18.9 Å². The molecule has 0 atom stereocenters. The molecule has 0 radical (unpaired) electrons. The van der Waals surface area contributed by atoms with Crippen LogP contribution in [0.1, 0.15) is 24.2 Å². The molecule has 2 aliphatic rings. The number of likely N-dealkylation sites (tertiary alicyclic amines) is 1. The molecule has 2 aliphatic heterocycles. The van der Waals surface area contributed by atoms with Crippen molar-refractivity contribution in [2.24, 2.45) is 0 Å². The van der Waals surface area contributed by atoms with E-state index in [9.17, 15) is 4.39 Å². The fraction of sp³-hybridized carbons (Fsp3) is 0.333. The number of hydrogen-bond acceptors (Lipinski definition) is 6. The molecule has 0 unspecified atom stereocenters. The van der Waals surface area contributed by atoms with Crippen LogP contribution in [0.4, 0.5) is 4.39 Å². The van der Waals surface area contributed by atoms with Gasteiger partial charge in [-0.3, -0.25) is 4.90 Å². The number of ether oxygens (including phenoxy) is 3. The van der Waals surface area contributed by atoms with Crippen molar-refractivity contribution in [1.82, 2.24) is 19.5 Å². The van der Waals surface area contributed by atoms with Gasteiger partial charge in [-0.1, -0.05) is 12.1 Å². The molecule has 0 saturated carbocycles. The molecule has 35 heavy (non-hydrogen) atoms. The maximum absolute atomic E-state index is 14.3. The number of nitrogens with zero attached hydrogens (tertiary/aromatic N) is 4. The third-order valence-electron chi connectivity index (χ3n) is 6.46. The summed E-state index contributed by atoms with van der Waals surface area (Å²) in [6.45, 7) is 4.59. The summed E-state index contributed by atoms with van der Waals surface area (Å²) in [6, 6.07) is 16.7. The quantitative estimate of drug-likeness (QED) is 0.396. The van der Waals surface area contributed by atoms with Gasteiger partial charge in [-0.2, -0.15) is 5.10 Å². The molecule has 0 amide bonds. The minimum absolute atomic E-state index is 0.280. The van der Waals surface area contributed by atoms with E-state index in [-0.39, 0.29) is 11.6 Å². The van der Waals surface area contributed by atoms with Gasteiger partial charge in [-0.05, 0) is 74.0 Å². The molecular formula is C27H27FN4O3. The van der Waals surface area contributed by atoms with Crippen LogP contribution in [0.15, 0.2) is 54.6 Å². The number of rotatable bonds is 7. The summed E-state index contributed by atoms with van der Waals surface area (Å²) in [4.78, 5) is 7.05. The van der Waals surface area contributed by atoms with Crippen LogP contribution in [0.25, 0.3) is 16.9 Å². The number of pyridine rings is 1. The first-order chi connectivity index (χ1) is 17.2. The van der Waals surface area contributed by atoms with Crippen LogP contribution in [0.3, 0.4) is 0 Å². The van der Waals surface area contributed by atoms with Crippen LogP contribution in [0.2, 0.25) is 0 Å². The van der Waals surface area contributed by atoms with Crippen LogP contribution in [0, 0.1) is 5.82 Å². The second-order valence-electron chi connectivity index (χ2n) is 8.91. The first-order valence-electron chi connectivity index (χ1n) is 12.1. The average Bonchev–Trinajstić information content (AvgIpc) is 3.55. The lowest BCUT2D eigenvalue weighted by molar-refractivity contribution is 0.171. The lowest BCUT2D eigenvalue weighted by Crippen LogP contribution is -2.25. The van der Waals surface area contributed by atoms with E-state index in [1.54, 1.807) is 12.1 Å². The van der Waals surface area contributed by atoms with Crippen molar-refractivity contribution in [3.8, 4) is 28.5 Å². The minimum atomic E-state index is -0.348. The van der Waals surface area contributed by atoms with Crippen molar-refractivity contribution in [2.45, 2.75) is 19.3 Å². The van der Waals surface area contributed by atoms with Crippen LogP contribution in [0.5, 0.6) is 17.2 Å². The molecule has 180 valence electrons. The van der Waals surface area contributed by atoms with Crippen LogP contribution in [-0.2, 0) is 6.42 Å². The summed E-state index contributed by atoms with van der Waals surface area (Å²) in [7, 11) is 0. The maximum atomic E-state index is 14.3. The Bertz CT molecular complexity index is 1350. The van der Waals surface area contributed by atoms with Crippen molar-refractivity contribution < 1.29 is 18.6 Å². The zero-order chi connectivity index (χ0) is 23.6. The molecule has 0 bridgehead atoms. The molecule has 4 aromatic rings. The Labute approximate surface area is 203 Å². The van der Waals surface area contributed by atoms with Crippen LogP contribution >= 0.6 is 0 Å². The largest absolute Gasteiger partial charge is 0.489 e. The van der Waals surface area contributed by atoms with Gasteiger partial charge in [0.05, 0.1) is 5.69 Å². The topological polar surface area (TPSA) is 61.1 Å². The fourth-order valence-electron chi connectivity index (χ4n) is 4.69. The third kappa shape index (κ3) is 4.66. The standard InChI is InChI=1S/C27H27FN4O3/c28-21-8-6-19(16-24(21)33-13-12-31-10-1-2-11-31)17-26-29-27-5-3-4-22(32(27)30-26)20-7-9-23-25(18-20)35-15-14-34-23/h3-9,16,18H,1-2,10-15,17H2. The van der Waals surface area contributed by atoms with E-state index in [0.29, 0.717) is 32.1 Å². The van der Waals surface area contributed by atoms with Crippen molar-refractivity contribution >= 4 is 5.65 Å². The molecule has 2 aromatic carbocycles. The van der Waals surface area contributed by atoms with Gasteiger partial charge < -0.3 is 14.2 Å². The Morgan fingerprint density at radius 2 is 1.80 bits per heavy atom. The number of hydrogen-bond donors (Lipinski definition) is 0. The highest BCUT2D eigenvalue weighted by Crippen LogP contribution is 2.34. The number of aromatic nitrogens is 3. The summed E-state index contributed by atoms with van der Waals surface area (Å²) in [5.41, 5.74) is 3.52. The van der Waals surface area contributed by atoms with Crippen molar-refractivity contribution in [1.29, 1.82) is 0 Å². The Hall–Kier alpha value is -3.65. The highest BCUT2D eigenvalue weighted by molar-refractivity contribution is 5.66. The lowest BCUT2D eigenvalue weighted by Gasteiger charge is -2.19. The smallest absolute Gasteiger partial charge is 0.165 e. The van der Waals surface area contributed by atoms with Gasteiger partial charge in [0.2, 0.25) is 0 Å². The summed E-state index contributed by atoms with van der Waals surface area (Å²) < 4.78 is 33.3. The first-order valence-corrected chi connectivity index (χ1v) is 12.1. The SMILES string of the molecule is Fc1ccc(Cc2nc3cccc(-c4ccc5c(c4)OCCO5)n3n2)cc1OCCN1CCCC1. The second kappa shape index (κ2) is 9.54. The van der Waals surface area contributed by atoms with Gasteiger partial charge in [0.1, 0.15) is 19.8 Å². The summed E-state index contributed by atoms with van der Waals surface area (Å²) in [5.74, 6) is 2.07. The van der Waals surface area contributed by atoms with E-state index in [4.69, 9.17) is 24.3 Å². The van der Waals surface area contributed by atoms with Crippen molar-refractivity contribution in [2.75, 3.05) is 39.5 Å². The van der Waals surface area contributed by atoms with Gasteiger partial charge in [0.25, 0.3) is 0 Å². The molecular weight excluding hydrogens is 447 g/mol. The number of fused-ring (bicyclic) bond motifs is 2. The molecule has 7 nitrogen and oxygen atoms in total. The normalized spacial score (nSPS) is 15.6. The first kappa shape index (κ1) is 21.9. The Morgan fingerprint density at radius 1 is 0.943 bits per heavy atom. The lowest BCUT2D eigenvalue weighted by atomic mass is 10.1. The maximum Gasteiger partial charge on any atom is 0.165 e. The minimum Gasteiger partial charge on any atom is -0.489 e.